The molecule has 6 nitrogen and oxygen atoms in total. The van der Waals surface area contributed by atoms with Gasteiger partial charge in [0.25, 0.3) is 0 Å². The first-order valence-corrected chi connectivity index (χ1v) is 11.1. The molecule has 0 saturated carbocycles. The molecule has 0 radical (unpaired) electrons. The number of aliphatic hydroxyl groups excluding tert-OH is 1. The number of aliphatic hydroxyl groups is 1. The summed E-state index contributed by atoms with van der Waals surface area (Å²) in [5, 5.41) is 11.2. The van der Waals surface area contributed by atoms with E-state index in [9.17, 15) is 5.11 Å². The van der Waals surface area contributed by atoms with E-state index in [0.717, 1.165) is 49.6 Å². The van der Waals surface area contributed by atoms with Crippen molar-refractivity contribution in [1.29, 1.82) is 0 Å². The van der Waals surface area contributed by atoms with E-state index in [1.165, 1.54) is 11.1 Å². The molecule has 1 heterocycles. The smallest absolute Gasteiger partial charge is 0.119 e. The molecule has 0 unspecified atom stereocenters. The lowest BCUT2D eigenvalue weighted by Crippen LogP contribution is -2.39. The first kappa shape index (κ1) is 23.0. The Hall–Kier alpha value is -2.70. The van der Waals surface area contributed by atoms with Crippen molar-refractivity contribution in [3.8, 4) is 11.5 Å². The zero-order valence-corrected chi connectivity index (χ0v) is 18.9. The highest BCUT2D eigenvalue weighted by molar-refractivity contribution is 5.41. The van der Waals surface area contributed by atoms with Gasteiger partial charge in [-0.15, -0.1) is 5.53 Å². The van der Waals surface area contributed by atoms with Crippen LogP contribution < -0.4 is 20.4 Å². The van der Waals surface area contributed by atoms with Gasteiger partial charge in [0.15, 0.2) is 0 Å². The van der Waals surface area contributed by atoms with Crippen LogP contribution in [0.15, 0.2) is 60.4 Å². The number of rotatable bonds is 12. The summed E-state index contributed by atoms with van der Waals surface area (Å²) >= 11 is 0. The van der Waals surface area contributed by atoms with Crippen molar-refractivity contribution in [2.24, 2.45) is 0 Å². The molecule has 0 saturated heterocycles. The molecule has 0 bridgehead atoms. The highest BCUT2D eigenvalue weighted by atomic mass is 16.5. The lowest BCUT2D eigenvalue weighted by molar-refractivity contribution is 0.190. The summed E-state index contributed by atoms with van der Waals surface area (Å²) < 4.78 is 11.7. The van der Waals surface area contributed by atoms with Gasteiger partial charge >= 0.3 is 0 Å². The second kappa shape index (κ2) is 11.1. The predicted octanol–water partition coefficient (Wildman–Crippen LogP) is 4.12. The molecule has 3 N–H and O–H groups in total. The van der Waals surface area contributed by atoms with Crippen molar-refractivity contribution in [3.05, 3.63) is 71.6 Å². The third-order valence-electron chi connectivity index (χ3n) is 5.66. The van der Waals surface area contributed by atoms with Crippen molar-refractivity contribution < 1.29 is 14.6 Å². The Morgan fingerprint density at radius 2 is 1.42 bits per heavy atom. The van der Waals surface area contributed by atoms with E-state index in [4.69, 9.17) is 9.47 Å². The molecular weight excluding hydrogens is 390 g/mol. The number of nitrogens with zero attached hydrogens (tertiary/aromatic N) is 1. The number of unbranched alkanes of at least 4 members (excludes halogenated alkanes) is 1. The average molecular weight is 426 g/mol. The number of ether oxygens (including phenoxy) is 2. The summed E-state index contributed by atoms with van der Waals surface area (Å²) in [5.74, 6) is 1.79. The molecule has 0 aromatic heterocycles. The SMILES string of the molecule is CCCCOc1ccc(C(C)(C)c2ccc(OCCCN3NNC=C3CO)cc2)cc1. The van der Waals surface area contributed by atoms with Gasteiger partial charge in [-0.3, -0.25) is 5.01 Å². The van der Waals surface area contributed by atoms with Gasteiger partial charge in [0.1, 0.15) is 11.5 Å². The van der Waals surface area contributed by atoms with Crippen LogP contribution in [0, 0.1) is 0 Å². The molecule has 1 aliphatic rings. The van der Waals surface area contributed by atoms with E-state index in [0.29, 0.717) is 6.61 Å². The molecule has 6 heteroatoms. The van der Waals surface area contributed by atoms with Gasteiger partial charge in [-0.05, 0) is 41.8 Å². The van der Waals surface area contributed by atoms with Gasteiger partial charge in [-0.25, -0.2) is 0 Å². The zero-order valence-electron chi connectivity index (χ0n) is 18.9. The van der Waals surface area contributed by atoms with Crippen LogP contribution in [0.25, 0.3) is 0 Å². The molecule has 0 spiro atoms. The molecule has 0 fully saturated rings. The second-order valence-corrected chi connectivity index (χ2v) is 8.28. The predicted molar refractivity (Wildman–Crippen MR) is 124 cm³/mol. The molecule has 2 aromatic carbocycles. The Labute approximate surface area is 185 Å². The number of hydrazine groups is 2. The van der Waals surface area contributed by atoms with E-state index in [1.54, 1.807) is 6.20 Å². The number of hydrogen-bond acceptors (Lipinski definition) is 6. The van der Waals surface area contributed by atoms with E-state index < -0.39 is 0 Å². The van der Waals surface area contributed by atoms with E-state index >= 15 is 0 Å². The molecule has 2 aromatic rings. The fourth-order valence-corrected chi connectivity index (χ4v) is 3.52. The molecule has 31 heavy (non-hydrogen) atoms. The Kier molecular flexibility index (Phi) is 8.20. The first-order chi connectivity index (χ1) is 15.0. The number of benzene rings is 2. The minimum atomic E-state index is -0.109. The van der Waals surface area contributed by atoms with Crippen LogP contribution >= 0.6 is 0 Å². The van der Waals surface area contributed by atoms with Crippen LogP contribution in [0.1, 0.15) is 51.2 Å². The van der Waals surface area contributed by atoms with Crippen molar-refractivity contribution in [1.82, 2.24) is 16.0 Å². The van der Waals surface area contributed by atoms with Crippen molar-refractivity contribution in [2.45, 2.75) is 45.4 Å². The normalized spacial score (nSPS) is 13.7. The van der Waals surface area contributed by atoms with Crippen molar-refractivity contribution in [3.63, 3.8) is 0 Å². The van der Waals surface area contributed by atoms with E-state index in [-0.39, 0.29) is 12.0 Å². The quantitative estimate of drug-likeness (QED) is 0.445. The average Bonchev–Trinajstić information content (AvgIpc) is 3.25. The zero-order chi connectivity index (χ0) is 22.1. The third kappa shape index (κ3) is 6.15. The second-order valence-electron chi connectivity index (χ2n) is 8.28. The van der Waals surface area contributed by atoms with Gasteiger partial charge in [-0.1, -0.05) is 51.5 Å². The largest absolute Gasteiger partial charge is 0.494 e. The summed E-state index contributed by atoms with van der Waals surface area (Å²) in [6.07, 6.45) is 4.81. The number of hydrogen-bond donors (Lipinski definition) is 3. The van der Waals surface area contributed by atoms with Crippen LogP contribution in [0.5, 0.6) is 11.5 Å². The van der Waals surface area contributed by atoms with Crippen LogP contribution in [0.4, 0.5) is 0 Å². The molecule has 0 atom stereocenters. The molecule has 0 aliphatic carbocycles. The maximum atomic E-state index is 9.27. The van der Waals surface area contributed by atoms with Gasteiger partial charge in [-0.2, -0.15) is 0 Å². The van der Waals surface area contributed by atoms with Crippen LogP contribution in [0.3, 0.4) is 0 Å². The number of nitrogens with one attached hydrogen (secondary N) is 2. The highest BCUT2D eigenvalue weighted by Gasteiger charge is 2.23. The van der Waals surface area contributed by atoms with Crippen molar-refractivity contribution in [2.75, 3.05) is 26.4 Å². The Morgan fingerprint density at radius 3 is 1.94 bits per heavy atom. The minimum absolute atomic E-state index is 0.00666. The molecule has 3 rings (SSSR count). The van der Waals surface area contributed by atoms with E-state index in [2.05, 4.69) is 68.1 Å². The monoisotopic (exact) mass is 425 g/mol. The summed E-state index contributed by atoms with van der Waals surface area (Å²) in [5.41, 5.74) is 9.08. The summed E-state index contributed by atoms with van der Waals surface area (Å²) in [6.45, 7) is 8.78. The summed E-state index contributed by atoms with van der Waals surface area (Å²) in [7, 11) is 0. The molecular formula is C25H35N3O3. The molecule has 168 valence electrons. The lowest BCUT2D eigenvalue weighted by Gasteiger charge is -2.26. The van der Waals surface area contributed by atoms with Gasteiger partial charge in [0.2, 0.25) is 0 Å². The third-order valence-corrected chi connectivity index (χ3v) is 5.66. The molecule has 1 aliphatic heterocycles. The van der Waals surface area contributed by atoms with Gasteiger partial charge in [0, 0.05) is 24.6 Å². The Balaban J connectivity index is 1.50. The van der Waals surface area contributed by atoms with Crippen LogP contribution in [-0.4, -0.2) is 36.5 Å². The fourth-order valence-electron chi connectivity index (χ4n) is 3.52. The Morgan fingerprint density at radius 1 is 0.871 bits per heavy atom. The van der Waals surface area contributed by atoms with E-state index in [1.807, 2.05) is 17.1 Å². The highest BCUT2D eigenvalue weighted by Crippen LogP contribution is 2.33. The molecule has 0 amide bonds. The topological polar surface area (TPSA) is 66.0 Å². The fraction of sp³-hybridized carbons (Fsp3) is 0.440. The van der Waals surface area contributed by atoms with Crippen molar-refractivity contribution >= 4 is 0 Å². The lowest BCUT2D eigenvalue weighted by atomic mass is 9.78. The minimum Gasteiger partial charge on any atom is -0.494 e. The maximum absolute atomic E-state index is 9.27. The first-order valence-electron chi connectivity index (χ1n) is 11.1. The van der Waals surface area contributed by atoms with Crippen LogP contribution in [-0.2, 0) is 5.41 Å². The Bertz CT molecular complexity index is 832. The van der Waals surface area contributed by atoms with Gasteiger partial charge < -0.3 is 20.0 Å². The standard InChI is InChI=1S/C25H35N3O3/c1-4-5-16-30-23-11-7-20(8-12-23)25(2,3)21-9-13-24(14-10-21)31-17-6-15-28-22(19-29)18-26-27-28/h7-14,18,26-27,29H,4-6,15-17,19H2,1-3H3. The van der Waals surface area contributed by atoms with Gasteiger partial charge in [0.05, 0.1) is 25.5 Å². The maximum Gasteiger partial charge on any atom is 0.119 e. The summed E-state index contributed by atoms with van der Waals surface area (Å²) in [6, 6.07) is 16.8. The summed E-state index contributed by atoms with van der Waals surface area (Å²) in [4.78, 5) is 0. The van der Waals surface area contributed by atoms with Crippen LogP contribution in [0.2, 0.25) is 0 Å².